The third-order valence-electron chi connectivity index (χ3n) is 1.48. The Morgan fingerprint density at radius 2 is 1.92 bits per heavy atom. The highest BCUT2D eigenvalue weighted by atomic mass is 16.6. The fourth-order valence-corrected chi connectivity index (χ4v) is 0.861. The molecule has 0 saturated carbocycles. The van der Waals surface area contributed by atoms with E-state index in [4.69, 9.17) is 5.11 Å². The van der Waals surface area contributed by atoms with Crippen molar-refractivity contribution in [2.45, 2.75) is 0 Å². The van der Waals surface area contributed by atoms with Crippen LogP contribution in [0.2, 0.25) is 0 Å². The zero-order valence-electron chi connectivity index (χ0n) is 6.75. The average Bonchev–Trinajstić information content (AvgIpc) is 2.15. The molecule has 0 bridgehead atoms. The summed E-state index contributed by atoms with van der Waals surface area (Å²) >= 11 is 0. The third-order valence-corrected chi connectivity index (χ3v) is 1.48. The van der Waals surface area contributed by atoms with Crippen LogP contribution >= 0.6 is 0 Å². The zero-order valence-corrected chi connectivity index (χ0v) is 6.75. The van der Waals surface area contributed by atoms with Gasteiger partial charge < -0.3 is 5.11 Å². The molecule has 1 radical (unpaired) electrons. The summed E-state index contributed by atoms with van der Waals surface area (Å²) in [4.78, 5) is 9.81. The summed E-state index contributed by atoms with van der Waals surface area (Å²) in [6, 6.07) is 6.05. The Morgan fingerprint density at radius 1 is 1.31 bits per heavy atom. The van der Waals surface area contributed by atoms with E-state index in [0.717, 1.165) is 12.2 Å². The molecule has 13 heavy (non-hydrogen) atoms. The van der Waals surface area contributed by atoms with Crippen LogP contribution in [0, 0.1) is 16.7 Å². The van der Waals surface area contributed by atoms with Gasteiger partial charge in [0.15, 0.2) is 0 Å². The van der Waals surface area contributed by atoms with E-state index in [1.165, 1.54) is 18.2 Å². The summed E-state index contributed by atoms with van der Waals surface area (Å²) in [5, 5.41) is 18.6. The SMILES string of the molecule is O=[N+]([O-])c1ccc(C=C[CH]O)cc1. The van der Waals surface area contributed by atoms with Crippen molar-refractivity contribution < 1.29 is 10.0 Å². The van der Waals surface area contributed by atoms with Crippen LogP contribution in [0.5, 0.6) is 0 Å². The molecule has 1 aromatic carbocycles. The van der Waals surface area contributed by atoms with E-state index in [2.05, 4.69) is 0 Å². The molecule has 0 aliphatic heterocycles. The normalized spacial score (nSPS) is 10.5. The van der Waals surface area contributed by atoms with Crippen LogP contribution in [0.3, 0.4) is 0 Å². The number of non-ortho nitro benzene ring substituents is 1. The number of rotatable bonds is 3. The van der Waals surface area contributed by atoms with Crippen molar-refractivity contribution in [1.29, 1.82) is 0 Å². The highest BCUT2D eigenvalue weighted by Gasteiger charge is 2.01. The van der Waals surface area contributed by atoms with Crippen molar-refractivity contribution in [3.8, 4) is 0 Å². The Kier molecular flexibility index (Phi) is 3.16. The van der Waals surface area contributed by atoms with Gasteiger partial charge in [-0.15, -0.1) is 0 Å². The van der Waals surface area contributed by atoms with Gasteiger partial charge in [0.2, 0.25) is 0 Å². The molecule has 0 fully saturated rings. The number of hydrogen-bond donors (Lipinski definition) is 1. The summed E-state index contributed by atoms with van der Waals surface area (Å²) in [7, 11) is 0. The lowest BCUT2D eigenvalue weighted by Gasteiger charge is -1.92. The van der Waals surface area contributed by atoms with Crippen LogP contribution in [-0.2, 0) is 0 Å². The molecule has 67 valence electrons. The van der Waals surface area contributed by atoms with E-state index in [-0.39, 0.29) is 5.69 Å². The molecule has 0 saturated heterocycles. The molecule has 4 nitrogen and oxygen atoms in total. The molecule has 0 aliphatic rings. The first kappa shape index (κ1) is 9.41. The number of benzene rings is 1. The minimum atomic E-state index is -0.453. The predicted molar refractivity (Wildman–Crippen MR) is 48.4 cm³/mol. The van der Waals surface area contributed by atoms with Crippen LogP contribution in [-0.4, -0.2) is 10.0 Å². The minimum Gasteiger partial charge on any atom is -0.386 e. The Morgan fingerprint density at radius 3 is 2.38 bits per heavy atom. The fraction of sp³-hybridized carbons (Fsp3) is 0. The molecule has 1 N–H and O–H groups in total. The van der Waals surface area contributed by atoms with Gasteiger partial charge in [-0.1, -0.05) is 12.2 Å². The summed E-state index contributed by atoms with van der Waals surface area (Å²) in [6.07, 6.45) is 3.09. The first-order valence-electron chi connectivity index (χ1n) is 3.62. The highest BCUT2D eigenvalue weighted by Crippen LogP contribution is 2.12. The summed E-state index contributed by atoms with van der Waals surface area (Å²) in [5.74, 6) is 0. The Hall–Kier alpha value is -1.68. The second kappa shape index (κ2) is 4.37. The van der Waals surface area contributed by atoms with E-state index >= 15 is 0 Å². The largest absolute Gasteiger partial charge is 0.386 e. The smallest absolute Gasteiger partial charge is 0.269 e. The van der Waals surface area contributed by atoms with E-state index in [0.29, 0.717) is 0 Å². The summed E-state index contributed by atoms with van der Waals surface area (Å²) in [5.41, 5.74) is 0.862. The zero-order chi connectivity index (χ0) is 9.68. The Balaban J connectivity index is 2.81. The number of aliphatic hydroxyl groups excluding tert-OH is 1. The summed E-state index contributed by atoms with van der Waals surface area (Å²) in [6.45, 7) is 0.904. The maximum atomic E-state index is 10.3. The molecule has 0 aromatic heterocycles. The Bertz CT molecular complexity index is 316. The van der Waals surface area contributed by atoms with Crippen molar-refractivity contribution in [3.63, 3.8) is 0 Å². The van der Waals surface area contributed by atoms with E-state index in [1.807, 2.05) is 0 Å². The lowest BCUT2D eigenvalue weighted by atomic mass is 10.2. The lowest BCUT2D eigenvalue weighted by molar-refractivity contribution is -0.384. The Labute approximate surface area is 75.3 Å². The lowest BCUT2D eigenvalue weighted by Crippen LogP contribution is -1.86. The standard InChI is InChI=1S/C9H8NO3/c11-7-1-2-8-3-5-9(6-4-8)10(12)13/h1-7,11H. The molecule has 1 rings (SSSR count). The van der Waals surface area contributed by atoms with Gasteiger partial charge in [0.25, 0.3) is 5.69 Å². The summed E-state index contributed by atoms with van der Waals surface area (Å²) < 4.78 is 0. The van der Waals surface area contributed by atoms with E-state index < -0.39 is 4.92 Å². The van der Waals surface area contributed by atoms with Gasteiger partial charge in [-0.05, 0) is 17.7 Å². The number of aliphatic hydroxyl groups is 1. The fourth-order valence-electron chi connectivity index (χ4n) is 0.861. The molecule has 0 spiro atoms. The van der Waals surface area contributed by atoms with Gasteiger partial charge in [-0.2, -0.15) is 0 Å². The van der Waals surface area contributed by atoms with Gasteiger partial charge in [-0.25, -0.2) is 0 Å². The quantitative estimate of drug-likeness (QED) is 0.569. The first-order chi connectivity index (χ1) is 6.24. The highest BCUT2D eigenvalue weighted by molar-refractivity contribution is 5.52. The molecule has 0 amide bonds. The molecular weight excluding hydrogens is 170 g/mol. The van der Waals surface area contributed by atoms with E-state index in [9.17, 15) is 10.1 Å². The van der Waals surface area contributed by atoms with Gasteiger partial charge in [-0.3, -0.25) is 10.1 Å². The van der Waals surface area contributed by atoms with Crippen molar-refractivity contribution in [3.05, 3.63) is 52.6 Å². The van der Waals surface area contributed by atoms with Gasteiger partial charge in [0.05, 0.1) is 4.92 Å². The molecular formula is C9H8NO3. The minimum absolute atomic E-state index is 0.0603. The number of hydrogen-bond acceptors (Lipinski definition) is 3. The maximum absolute atomic E-state index is 10.3. The number of nitro groups is 1. The van der Waals surface area contributed by atoms with Gasteiger partial charge in [0, 0.05) is 12.1 Å². The second-order valence-electron chi connectivity index (χ2n) is 2.36. The van der Waals surface area contributed by atoms with Crippen LogP contribution in [0.15, 0.2) is 30.3 Å². The average molecular weight is 178 g/mol. The monoisotopic (exact) mass is 178 g/mol. The molecule has 4 heteroatoms. The molecule has 0 atom stereocenters. The number of nitro benzene ring substituents is 1. The number of nitrogens with zero attached hydrogens (tertiary/aromatic N) is 1. The van der Waals surface area contributed by atoms with Crippen LogP contribution in [0.4, 0.5) is 5.69 Å². The first-order valence-corrected chi connectivity index (χ1v) is 3.62. The van der Waals surface area contributed by atoms with Crippen molar-refractivity contribution in [1.82, 2.24) is 0 Å². The predicted octanol–water partition coefficient (Wildman–Crippen LogP) is 2.14. The van der Waals surface area contributed by atoms with Crippen molar-refractivity contribution in [2.75, 3.05) is 0 Å². The van der Waals surface area contributed by atoms with Gasteiger partial charge >= 0.3 is 0 Å². The van der Waals surface area contributed by atoms with Crippen LogP contribution < -0.4 is 0 Å². The van der Waals surface area contributed by atoms with Crippen LogP contribution in [0.25, 0.3) is 6.08 Å². The topological polar surface area (TPSA) is 63.4 Å². The molecule has 1 aromatic rings. The van der Waals surface area contributed by atoms with Gasteiger partial charge in [0.1, 0.15) is 6.61 Å². The molecule has 0 unspecified atom stereocenters. The second-order valence-corrected chi connectivity index (χ2v) is 2.36. The van der Waals surface area contributed by atoms with Crippen molar-refractivity contribution >= 4 is 11.8 Å². The van der Waals surface area contributed by atoms with Crippen LogP contribution in [0.1, 0.15) is 5.56 Å². The van der Waals surface area contributed by atoms with E-state index in [1.54, 1.807) is 18.2 Å². The maximum Gasteiger partial charge on any atom is 0.269 e. The molecule has 0 heterocycles. The van der Waals surface area contributed by atoms with Crippen molar-refractivity contribution in [2.24, 2.45) is 0 Å². The molecule has 0 aliphatic carbocycles. The third kappa shape index (κ3) is 2.68.